The van der Waals surface area contributed by atoms with Crippen molar-refractivity contribution in [3.05, 3.63) is 89.3 Å². The van der Waals surface area contributed by atoms with Crippen molar-refractivity contribution < 1.29 is 14.3 Å². The van der Waals surface area contributed by atoms with Gasteiger partial charge >= 0.3 is 0 Å². The van der Waals surface area contributed by atoms with Gasteiger partial charge in [0, 0.05) is 27.1 Å². The molecule has 0 aliphatic carbocycles. The number of aryl methyl sites for hydroxylation is 1. The van der Waals surface area contributed by atoms with E-state index in [-0.39, 0.29) is 17.6 Å². The van der Waals surface area contributed by atoms with Gasteiger partial charge in [0.1, 0.15) is 5.75 Å². The fourth-order valence-corrected chi connectivity index (χ4v) is 4.59. The Morgan fingerprint density at radius 1 is 1.00 bits per heavy atom. The minimum Gasteiger partial charge on any atom is -0.497 e. The number of carbonyl (C=O) groups is 2. The van der Waals surface area contributed by atoms with Gasteiger partial charge in [-0.15, -0.1) is 23.1 Å². The lowest BCUT2D eigenvalue weighted by Crippen LogP contribution is -2.14. The van der Waals surface area contributed by atoms with Gasteiger partial charge in [0.25, 0.3) is 5.91 Å². The maximum Gasteiger partial charge on any atom is 0.255 e. The zero-order valence-electron chi connectivity index (χ0n) is 18.7. The molecular formula is C26H23N3O3S2. The first-order valence-corrected chi connectivity index (χ1v) is 12.4. The molecule has 2 N–H and O–H groups in total. The molecular weight excluding hydrogens is 466 g/mol. The minimum atomic E-state index is -0.170. The second-order valence-corrected chi connectivity index (χ2v) is 9.36. The van der Waals surface area contributed by atoms with Gasteiger partial charge in [0.15, 0.2) is 5.13 Å². The molecule has 0 unspecified atom stereocenters. The molecule has 0 fully saturated rings. The summed E-state index contributed by atoms with van der Waals surface area (Å²) in [6.07, 6.45) is 0. The average Bonchev–Trinajstić information content (AvgIpc) is 3.32. The number of rotatable bonds is 8. The predicted octanol–water partition coefficient (Wildman–Crippen LogP) is 6.11. The Bertz CT molecular complexity index is 1290. The Hall–Kier alpha value is -3.62. The van der Waals surface area contributed by atoms with Gasteiger partial charge in [-0.05, 0) is 61.5 Å². The standard InChI is InChI=1S/C26H23N3O3S2/c1-17-6-8-19(9-7-17)25(31)27-20-4-3-5-22(14-20)33-16-24(30)29-26-28-23(15-34-26)18-10-12-21(32-2)13-11-18/h3-15H,16H2,1-2H3,(H,27,31)(H,28,29,30). The second kappa shape index (κ2) is 11.0. The van der Waals surface area contributed by atoms with E-state index in [2.05, 4.69) is 15.6 Å². The molecule has 1 heterocycles. The van der Waals surface area contributed by atoms with Gasteiger partial charge in [-0.3, -0.25) is 9.59 Å². The fourth-order valence-electron chi connectivity index (χ4n) is 3.10. The quantitative estimate of drug-likeness (QED) is 0.292. The smallest absolute Gasteiger partial charge is 0.255 e. The summed E-state index contributed by atoms with van der Waals surface area (Å²) in [7, 11) is 1.63. The van der Waals surface area contributed by atoms with Crippen molar-refractivity contribution in [3.63, 3.8) is 0 Å². The van der Waals surface area contributed by atoms with Crippen LogP contribution in [0, 0.1) is 6.92 Å². The Kier molecular flexibility index (Phi) is 7.61. The molecule has 0 aliphatic heterocycles. The zero-order chi connectivity index (χ0) is 23.9. The van der Waals surface area contributed by atoms with Crippen molar-refractivity contribution in [2.75, 3.05) is 23.5 Å². The van der Waals surface area contributed by atoms with Crippen LogP contribution in [0.15, 0.2) is 83.1 Å². The van der Waals surface area contributed by atoms with Crippen LogP contribution in [0.4, 0.5) is 10.8 Å². The number of benzene rings is 3. The SMILES string of the molecule is COc1ccc(-c2csc(NC(=O)CSc3cccc(NC(=O)c4ccc(C)cc4)c3)n2)cc1. The van der Waals surface area contributed by atoms with E-state index in [0.29, 0.717) is 16.4 Å². The monoisotopic (exact) mass is 489 g/mol. The summed E-state index contributed by atoms with van der Waals surface area (Å²) >= 11 is 2.77. The Labute approximate surface area is 206 Å². The van der Waals surface area contributed by atoms with Crippen molar-refractivity contribution >= 4 is 45.7 Å². The van der Waals surface area contributed by atoms with Crippen molar-refractivity contribution in [1.29, 1.82) is 0 Å². The van der Waals surface area contributed by atoms with Crippen LogP contribution in [0.1, 0.15) is 15.9 Å². The van der Waals surface area contributed by atoms with Crippen LogP contribution in [0.3, 0.4) is 0 Å². The van der Waals surface area contributed by atoms with E-state index in [1.165, 1.54) is 23.1 Å². The molecule has 0 bridgehead atoms. The third-order valence-electron chi connectivity index (χ3n) is 4.91. The third kappa shape index (κ3) is 6.24. The maximum absolute atomic E-state index is 12.4. The number of anilines is 2. The normalized spacial score (nSPS) is 10.5. The number of ether oxygens (including phenoxy) is 1. The molecule has 3 aromatic carbocycles. The van der Waals surface area contributed by atoms with Gasteiger partial charge in [-0.2, -0.15) is 0 Å². The molecule has 2 amide bonds. The highest BCUT2D eigenvalue weighted by molar-refractivity contribution is 8.00. The molecule has 0 atom stereocenters. The third-order valence-corrected chi connectivity index (χ3v) is 6.66. The molecule has 0 saturated carbocycles. The first-order chi connectivity index (χ1) is 16.5. The molecule has 4 rings (SSSR count). The van der Waals surface area contributed by atoms with Crippen molar-refractivity contribution in [2.45, 2.75) is 11.8 Å². The molecule has 1 aromatic heterocycles. The molecule has 34 heavy (non-hydrogen) atoms. The molecule has 0 aliphatic rings. The van der Waals surface area contributed by atoms with E-state index in [1.807, 2.05) is 73.0 Å². The van der Waals surface area contributed by atoms with Crippen LogP contribution in [0.25, 0.3) is 11.3 Å². The zero-order valence-corrected chi connectivity index (χ0v) is 20.3. The number of hydrogen-bond acceptors (Lipinski definition) is 6. The maximum atomic E-state index is 12.4. The molecule has 172 valence electrons. The van der Waals surface area contributed by atoms with Crippen LogP contribution in [-0.4, -0.2) is 29.7 Å². The van der Waals surface area contributed by atoms with Crippen LogP contribution in [-0.2, 0) is 4.79 Å². The van der Waals surface area contributed by atoms with E-state index >= 15 is 0 Å². The van der Waals surface area contributed by atoms with Crippen LogP contribution in [0.2, 0.25) is 0 Å². The Morgan fingerprint density at radius 2 is 1.76 bits per heavy atom. The summed E-state index contributed by atoms with van der Waals surface area (Å²) in [5.74, 6) is 0.696. The lowest BCUT2D eigenvalue weighted by Gasteiger charge is -2.08. The summed E-state index contributed by atoms with van der Waals surface area (Å²) in [6.45, 7) is 1.98. The van der Waals surface area contributed by atoms with Gasteiger partial charge in [0.05, 0.1) is 18.6 Å². The van der Waals surface area contributed by atoms with Crippen LogP contribution in [0.5, 0.6) is 5.75 Å². The molecule has 8 heteroatoms. The molecule has 6 nitrogen and oxygen atoms in total. The number of carbonyl (C=O) groups excluding carboxylic acids is 2. The van der Waals surface area contributed by atoms with E-state index in [0.717, 1.165) is 27.5 Å². The number of thioether (sulfide) groups is 1. The highest BCUT2D eigenvalue weighted by Crippen LogP contribution is 2.27. The van der Waals surface area contributed by atoms with E-state index in [1.54, 1.807) is 19.2 Å². The first kappa shape index (κ1) is 23.5. The summed E-state index contributed by atoms with van der Waals surface area (Å²) in [4.78, 5) is 30.3. The van der Waals surface area contributed by atoms with Gasteiger partial charge in [-0.1, -0.05) is 23.8 Å². The van der Waals surface area contributed by atoms with Crippen LogP contribution >= 0.6 is 23.1 Å². The van der Waals surface area contributed by atoms with E-state index in [9.17, 15) is 9.59 Å². The highest BCUT2D eigenvalue weighted by atomic mass is 32.2. The lowest BCUT2D eigenvalue weighted by molar-refractivity contribution is -0.113. The molecule has 0 radical (unpaired) electrons. The first-order valence-electron chi connectivity index (χ1n) is 10.5. The molecule has 0 spiro atoms. The number of methoxy groups -OCH3 is 1. The van der Waals surface area contributed by atoms with Crippen molar-refractivity contribution in [1.82, 2.24) is 4.98 Å². The summed E-state index contributed by atoms with van der Waals surface area (Å²) < 4.78 is 5.18. The highest BCUT2D eigenvalue weighted by Gasteiger charge is 2.10. The number of nitrogens with zero attached hydrogens (tertiary/aromatic N) is 1. The van der Waals surface area contributed by atoms with Gasteiger partial charge < -0.3 is 15.4 Å². The number of nitrogens with one attached hydrogen (secondary N) is 2. The topological polar surface area (TPSA) is 80.3 Å². The largest absolute Gasteiger partial charge is 0.497 e. The number of amides is 2. The summed E-state index contributed by atoms with van der Waals surface area (Å²) in [5, 5.41) is 8.21. The predicted molar refractivity (Wildman–Crippen MR) is 139 cm³/mol. The van der Waals surface area contributed by atoms with Crippen molar-refractivity contribution in [3.8, 4) is 17.0 Å². The lowest BCUT2D eigenvalue weighted by atomic mass is 10.1. The molecule has 4 aromatic rings. The number of hydrogen-bond donors (Lipinski definition) is 2. The van der Waals surface area contributed by atoms with Crippen molar-refractivity contribution in [2.24, 2.45) is 0 Å². The Balaban J connectivity index is 1.30. The Morgan fingerprint density at radius 3 is 2.50 bits per heavy atom. The minimum absolute atomic E-state index is 0.144. The molecule has 0 saturated heterocycles. The second-order valence-electron chi connectivity index (χ2n) is 7.45. The fraction of sp³-hybridized carbons (Fsp3) is 0.115. The average molecular weight is 490 g/mol. The van der Waals surface area contributed by atoms with Crippen LogP contribution < -0.4 is 15.4 Å². The van der Waals surface area contributed by atoms with Gasteiger partial charge in [-0.25, -0.2) is 4.98 Å². The van der Waals surface area contributed by atoms with Gasteiger partial charge in [0.2, 0.25) is 5.91 Å². The number of thiazole rings is 1. The van der Waals surface area contributed by atoms with E-state index in [4.69, 9.17) is 4.74 Å². The summed E-state index contributed by atoms with van der Waals surface area (Å²) in [6, 6.07) is 22.5. The summed E-state index contributed by atoms with van der Waals surface area (Å²) in [5.41, 5.74) is 4.13. The van der Waals surface area contributed by atoms with E-state index < -0.39 is 0 Å². The number of aromatic nitrogens is 1.